The Morgan fingerprint density at radius 1 is 1.22 bits per heavy atom. The van der Waals surface area contributed by atoms with E-state index in [9.17, 15) is 18.0 Å². The topological polar surface area (TPSA) is 25.2 Å². The lowest BCUT2D eigenvalue weighted by atomic mass is 10.1. The van der Waals surface area contributed by atoms with E-state index in [-0.39, 0.29) is 11.8 Å². The van der Waals surface area contributed by atoms with Crippen molar-refractivity contribution in [3.8, 4) is 0 Å². The van der Waals surface area contributed by atoms with Crippen LogP contribution in [0.25, 0.3) is 0 Å². The highest BCUT2D eigenvalue weighted by molar-refractivity contribution is 5.81. The van der Waals surface area contributed by atoms with Gasteiger partial charge >= 0.3 is 6.18 Å². The molecule has 1 heterocycles. The monoisotopic (exact) mass is 378 g/mol. The molecule has 1 aliphatic rings. The second-order valence-electron chi connectivity index (χ2n) is 7.21. The lowest BCUT2D eigenvalue weighted by molar-refractivity contribution is -0.137. The standard InChI is InChI=1S/C21H25F3N2O/c1-2-3-11-26(20(27)17-9-10-17)15-19-8-5-12-25(19)14-16-6-4-7-18(13-16)21(22,23)24/h4-8,12-13,17H,2-3,9-11,14-15H2,1H3. The van der Waals surface area contributed by atoms with Gasteiger partial charge in [-0.3, -0.25) is 4.79 Å². The number of hydrogen-bond donors (Lipinski definition) is 0. The van der Waals surface area contributed by atoms with E-state index in [0.717, 1.165) is 44.0 Å². The molecule has 0 N–H and O–H groups in total. The fourth-order valence-electron chi connectivity index (χ4n) is 3.19. The molecule has 0 atom stereocenters. The predicted molar refractivity (Wildman–Crippen MR) is 98.0 cm³/mol. The third kappa shape index (κ3) is 5.15. The van der Waals surface area contributed by atoms with Crippen molar-refractivity contribution in [1.82, 2.24) is 9.47 Å². The van der Waals surface area contributed by atoms with Crippen LogP contribution < -0.4 is 0 Å². The molecule has 0 unspecified atom stereocenters. The fourth-order valence-corrected chi connectivity index (χ4v) is 3.19. The number of carbonyl (C=O) groups is 1. The molecule has 27 heavy (non-hydrogen) atoms. The Kier molecular flexibility index (Phi) is 5.92. The number of hydrogen-bond acceptors (Lipinski definition) is 1. The largest absolute Gasteiger partial charge is 0.416 e. The van der Waals surface area contributed by atoms with Crippen LogP contribution in [0.1, 0.15) is 49.4 Å². The molecule has 0 radical (unpaired) electrons. The Morgan fingerprint density at radius 2 is 2.00 bits per heavy atom. The number of benzene rings is 1. The van der Waals surface area contributed by atoms with Gasteiger partial charge in [0.05, 0.1) is 12.1 Å². The van der Waals surface area contributed by atoms with Crippen molar-refractivity contribution in [2.75, 3.05) is 6.54 Å². The van der Waals surface area contributed by atoms with Crippen LogP contribution in [0.2, 0.25) is 0 Å². The zero-order chi connectivity index (χ0) is 19.4. The molecule has 1 aromatic carbocycles. The van der Waals surface area contributed by atoms with Gasteiger partial charge in [0.25, 0.3) is 0 Å². The van der Waals surface area contributed by atoms with Crippen LogP contribution in [-0.4, -0.2) is 21.9 Å². The lowest BCUT2D eigenvalue weighted by Crippen LogP contribution is -2.33. The van der Waals surface area contributed by atoms with Gasteiger partial charge in [0.2, 0.25) is 5.91 Å². The molecule has 3 nitrogen and oxygen atoms in total. The van der Waals surface area contributed by atoms with E-state index in [1.807, 2.05) is 27.8 Å². The molecule has 1 aliphatic carbocycles. The van der Waals surface area contributed by atoms with Crippen LogP contribution in [0, 0.1) is 5.92 Å². The van der Waals surface area contributed by atoms with Crippen LogP contribution in [0.4, 0.5) is 13.2 Å². The van der Waals surface area contributed by atoms with Gasteiger partial charge in [-0.05, 0) is 49.1 Å². The van der Waals surface area contributed by atoms with Crippen LogP contribution in [0.5, 0.6) is 0 Å². The summed E-state index contributed by atoms with van der Waals surface area (Å²) in [7, 11) is 0. The highest BCUT2D eigenvalue weighted by atomic mass is 19.4. The van der Waals surface area contributed by atoms with E-state index < -0.39 is 11.7 Å². The molecule has 0 bridgehead atoms. The molecular weight excluding hydrogens is 353 g/mol. The summed E-state index contributed by atoms with van der Waals surface area (Å²) < 4.78 is 40.7. The molecule has 1 aromatic heterocycles. The zero-order valence-corrected chi connectivity index (χ0v) is 15.5. The van der Waals surface area contributed by atoms with Crippen LogP contribution >= 0.6 is 0 Å². The smallest absolute Gasteiger partial charge is 0.345 e. The SMILES string of the molecule is CCCCN(Cc1cccn1Cc1cccc(C(F)(F)F)c1)C(=O)C1CC1. The van der Waals surface area contributed by atoms with Gasteiger partial charge < -0.3 is 9.47 Å². The van der Waals surface area contributed by atoms with Gasteiger partial charge in [0.15, 0.2) is 0 Å². The minimum absolute atomic E-state index is 0.161. The first-order chi connectivity index (χ1) is 12.9. The van der Waals surface area contributed by atoms with Crippen molar-refractivity contribution >= 4 is 5.91 Å². The molecule has 3 rings (SSSR count). The fraction of sp³-hybridized carbons (Fsp3) is 0.476. The highest BCUT2D eigenvalue weighted by Crippen LogP contribution is 2.32. The Morgan fingerprint density at radius 3 is 2.67 bits per heavy atom. The van der Waals surface area contributed by atoms with Crippen molar-refractivity contribution in [3.63, 3.8) is 0 Å². The van der Waals surface area contributed by atoms with E-state index >= 15 is 0 Å². The summed E-state index contributed by atoms with van der Waals surface area (Å²) in [5, 5.41) is 0. The van der Waals surface area contributed by atoms with Crippen LogP contribution in [-0.2, 0) is 24.1 Å². The molecule has 0 spiro atoms. The van der Waals surface area contributed by atoms with E-state index in [1.165, 1.54) is 12.1 Å². The van der Waals surface area contributed by atoms with Gasteiger partial charge in [-0.25, -0.2) is 0 Å². The van der Waals surface area contributed by atoms with Gasteiger partial charge in [-0.2, -0.15) is 13.2 Å². The summed E-state index contributed by atoms with van der Waals surface area (Å²) in [6, 6.07) is 9.22. The number of amides is 1. The quantitative estimate of drug-likeness (QED) is 0.628. The molecule has 146 valence electrons. The summed E-state index contributed by atoms with van der Waals surface area (Å²) in [6.07, 6.45) is 1.41. The van der Waals surface area contributed by atoms with Gasteiger partial charge in [0, 0.05) is 30.9 Å². The van der Waals surface area contributed by atoms with Gasteiger partial charge in [-0.1, -0.05) is 25.5 Å². The summed E-state index contributed by atoms with van der Waals surface area (Å²) in [5.74, 6) is 0.365. The van der Waals surface area contributed by atoms with Crippen molar-refractivity contribution in [1.29, 1.82) is 0 Å². The van der Waals surface area contributed by atoms with Gasteiger partial charge in [-0.15, -0.1) is 0 Å². The Labute approximate surface area is 157 Å². The van der Waals surface area contributed by atoms with Gasteiger partial charge in [0.1, 0.15) is 0 Å². The second kappa shape index (κ2) is 8.19. The number of halogens is 3. The Balaban J connectivity index is 1.74. The molecule has 1 saturated carbocycles. The molecule has 0 aliphatic heterocycles. The molecule has 1 amide bonds. The van der Waals surface area contributed by atoms with Crippen molar-refractivity contribution < 1.29 is 18.0 Å². The van der Waals surface area contributed by atoms with E-state index in [4.69, 9.17) is 0 Å². The van der Waals surface area contributed by atoms with Crippen molar-refractivity contribution in [2.45, 2.75) is 51.9 Å². The van der Waals surface area contributed by atoms with E-state index in [1.54, 1.807) is 6.07 Å². The maximum Gasteiger partial charge on any atom is 0.416 e. The normalized spacial score (nSPS) is 14.4. The van der Waals surface area contributed by atoms with E-state index in [2.05, 4.69) is 6.92 Å². The van der Waals surface area contributed by atoms with Crippen molar-refractivity contribution in [3.05, 3.63) is 59.4 Å². The van der Waals surface area contributed by atoms with Crippen molar-refractivity contribution in [2.24, 2.45) is 5.92 Å². The number of rotatable bonds is 8. The van der Waals surface area contributed by atoms with E-state index in [0.29, 0.717) is 18.7 Å². The lowest BCUT2D eigenvalue weighted by Gasteiger charge is -2.23. The summed E-state index contributed by atoms with van der Waals surface area (Å²) in [4.78, 5) is 14.5. The number of aromatic nitrogens is 1. The molecule has 0 saturated heterocycles. The zero-order valence-electron chi connectivity index (χ0n) is 15.5. The maximum absolute atomic E-state index is 12.9. The highest BCUT2D eigenvalue weighted by Gasteiger charge is 2.33. The first-order valence-corrected chi connectivity index (χ1v) is 9.47. The van der Waals surface area contributed by atoms with Crippen LogP contribution in [0.3, 0.4) is 0 Å². The Hall–Kier alpha value is -2.24. The number of unbranched alkanes of at least 4 members (excludes halogenated alkanes) is 1. The first-order valence-electron chi connectivity index (χ1n) is 9.47. The number of nitrogens with zero attached hydrogens (tertiary/aromatic N) is 2. The number of carbonyl (C=O) groups excluding carboxylic acids is 1. The Bertz CT molecular complexity index is 778. The first kappa shape index (κ1) is 19.5. The minimum atomic E-state index is -4.34. The molecular formula is C21H25F3N2O. The second-order valence-corrected chi connectivity index (χ2v) is 7.21. The molecule has 6 heteroatoms. The maximum atomic E-state index is 12.9. The van der Waals surface area contributed by atoms with Crippen LogP contribution in [0.15, 0.2) is 42.6 Å². The third-order valence-corrected chi connectivity index (χ3v) is 4.90. The third-order valence-electron chi connectivity index (χ3n) is 4.90. The number of alkyl halides is 3. The summed E-state index contributed by atoms with van der Waals surface area (Å²) >= 11 is 0. The average Bonchev–Trinajstić information content (AvgIpc) is 3.39. The minimum Gasteiger partial charge on any atom is -0.345 e. The molecule has 2 aromatic rings. The summed E-state index contributed by atoms with van der Waals surface area (Å²) in [5.41, 5.74) is 0.899. The summed E-state index contributed by atoms with van der Waals surface area (Å²) in [6.45, 7) is 3.67. The predicted octanol–water partition coefficient (Wildman–Crippen LogP) is 5.09. The molecule has 1 fully saturated rings. The average molecular weight is 378 g/mol.